The van der Waals surface area contributed by atoms with Gasteiger partial charge in [-0.05, 0) is 84.0 Å². The van der Waals surface area contributed by atoms with Crippen molar-refractivity contribution in [2.75, 3.05) is 52.6 Å². The molecule has 14 unspecified atom stereocenters. The van der Waals surface area contributed by atoms with Gasteiger partial charge in [-0.3, -0.25) is 91.1 Å². The second-order valence-corrected chi connectivity index (χ2v) is 25.6. The smallest absolute Gasteiger partial charge is 0.305 e. The first kappa shape index (κ1) is 89.8. The van der Waals surface area contributed by atoms with Gasteiger partial charge in [0, 0.05) is 25.9 Å². The molecule has 0 aromatic heterocycles. The summed E-state index contributed by atoms with van der Waals surface area (Å²) in [5.41, 5.74) is 16.3. The third-order valence-electron chi connectivity index (χ3n) is 16.1. The zero-order valence-corrected chi connectivity index (χ0v) is 58.7. The largest absolute Gasteiger partial charge is 0.481 e. The van der Waals surface area contributed by atoms with E-state index in [2.05, 4.69) is 53.2 Å². The van der Waals surface area contributed by atoms with E-state index in [9.17, 15) is 122 Å². The molecule has 584 valence electrons. The molecule has 0 spiro atoms. The van der Waals surface area contributed by atoms with E-state index in [-0.39, 0.29) is 37.1 Å². The third-order valence-corrected chi connectivity index (χ3v) is 16.1. The Hall–Kier alpha value is -10.3. The average molecular weight is 1490 g/mol. The van der Waals surface area contributed by atoms with Gasteiger partial charge in [-0.1, -0.05) is 27.7 Å². The van der Waals surface area contributed by atoms with Crippen molar-refractivity contribution in [3.05, 3.63) is 0 Å². The molecule has 2 aliphatic heterocycles. The molecular weight excluding hydrogens is 1380 g/mol. The van der Waals surface area contributed by atoms with Gasteiger partial charge in [0.15, 0.2) is 0 Å². The minimum absolute atomic E-state index is 0.0576. The fourth-order valence-corrected chi connectivity index (χ4v) is 10.5. The lowest BCUT2D eigenvalue weighted by molar-refractivity contribution is -0.143. The number of aliphatic carboxylic acids is 2. The monoisotopic (exact) mass is 1480 g/mol. The first-order valence-corrected chi connectivity index (χ1v) is 33.4. The van der Waals surface area contributed by atoms with E-state index in [4.69, 9.17) is 17.2 Å². The number of hydrogen-bond donors (Lipinski definition) is 22. The zero-order valence-electron chi connectivity index (χ0n) is 58.7. The Bertz CT molecular complexity index is 3120. The van der Waals surface area contributed by atoms with Crippen molar-refractivity contribution in [3.8, 4) is 0 Å². The van der Waals surface area contributed by atoms with Crippen molar-refractivity contribution in [2.45, 2.75) is 204 Å². The predicted molar refractivity (Wildman–Crippen MR) is 356 cm³/mol. The number of primary amides is 2. The van der Waals surface area contributed by atoms with Crippen LogP contribution in [0.2, 0.25) is 0 Å². The Balaban J connectivity index is 2.07. The van der Waals surface area contributed by atoms with Gasteiger partial charge in [0.1, 0.15) is 78.5 Å². The van der Waals surface area contributed by atoms with Crippen LogP contribution in [0.3, 0.4) is 0 Å². The third kappa shape index (κ3) is 30.4. The fraction of sp³-hybridized carbons (Fsp3) is 0.689. The van der Waals surface area contributed by atoms with Crippen molar-refractivity contribution in [2.24, 2.45) is 29.0 Å². The van der Waals surface area contributed by atoms with Crippen molar-refractivity contribution in [1.29, 1.82) is 0 Å². The molecule has 0 aliphatic carbocycles. The summed E-state index contributed by atoms with van der Waals surface area (Å²) in [6.45, 7) is 5.16. The molecule has 2 fully saturated rings. The van der Waals surface area contributed by atoms with Gasteiger partial charge in [0.05, 0.1) is 52.0 Å². The van der Waals surface area contributed by atoms with Gasteiger partial charge in [-0.15, -0.1) is 0 Å². The Labute approximate surface area is 596 Å². The van der Waals surface area contributed by atoms with Gasteiger partial charge >= 0.3 is 11.9 Å². The molecule has 2 saturated heterocycles. The van der Waals surface area contributed by atoms with Gasteiger partial charge in [-0.25, -0.2) is 0 Å². The molecule has 0 aromatic rings. The SMILES string of the molecule is CC(C)CC(N)C(=O)N1CCCC1C(=O)NCC(=O)NC(CC(C)C)C(=O)N1CCCC1C(=O)NC(CO)C(=O)NC(C)C(=O)NC(C)C(=O)NC(CO)C(=O)NC(CO)C(=O)NC(CCC(=O)O)C(=O)NC(CC(=O)O)C(=O)NC(C)C(=O)NCC(=O)NC(CCC(N)=O)C(=O)NC(CO)C(N)=O. The van der Waals surface area contributed by atoms with Crippen LogP contribution < -0.4 is 86.3 Å². The highest BCUT2D eigenvalue weighted by Gasteiger charge is 2.42. The van der Waals surface area contributed by atoms with Crippen LogP contribution in [0.1, 0.15) is 119 Å². The van der Waals surface area contributed by atoms with Crippen LogP contribution >= 0.6 is 0 Å². The average Bonchev–Trinajstić information content (AvgIpc) is 1.66. The topological polar surface area (TPSA) is 687 Å². The Kier molecular flexibility index (Phi) is 38.2. The van der Waals surface area contributed by atoms with Gasteiger partial charge in [0.25, 0.3) is 0 Å². The number of carboxylic acid groups (broad SMARTS) is 2. The molecule has 2 aliphatic rings. The maximum atomic E-state index is 14.1. The van der Waals surface area contributed by atoms with Gasteiger partial charge in [-0.2, -0.15) is 0 Å². The van der Waals surface area contributed by atoms with Gasteiger partial charge in [0.2, 0.25) is 100 Å². The number of nitrogens with one attached hydrogen (secondary N) is 13. The highest BCUT2D eigenvalue weighted by Crippen LogP contribution is 2.22. The summed E-state index contributed by atoms with van der Waals surface area (Å²) in [4.78, 5) is 249. The number of amides is 17. The molecule has 0 saturated carbocycles. The van der Waals surface area contributed by atoms with E-state index in [1.807, 2.05) is 29.8 Å². The number of carbonyl (C=O) groups is 19. The summed E-state index contributed by atoms with van der Waals surface area (Å²) >= 11 is 0. The Morgan fingerprint density at radius 2 is 0.769 bits per heavy atom. The number of carboxylic acids is 2. The van der Waals surface area contributed by atoms with E-state index in [0.29, 0.717) is 32.2 Å². The van der Waals surface area contributed by atoms with Crippen molar-refractivity contribution >= 4 is 112 Å². The lowest BCUT2D eigenvalue weighted by atomic mass is 10.0. The predicted octanol–water partition coefficient (Wildman–Crippen LogP) is -11.9. The number of nitrogens with zero attached hydrogens (tertiary/aromatic N) is 2. The Morgan fingerprint density at radius 1 is 0.394 bits per heavy atom. The summed E-state index contributed by atoms with van der Waals surface area (Å²) < 4.78 is 0. The number of aliphatic hydroxyl groups is 4. The number of rotatable bonds is 45. The standard InChI is InChI=1S/C61H100N18O25/c1-27(2)18-32(62)60(103)78-16-8-10-41(78)58(101)66-22-45(86)71-36(19-28(3)4)61(104)79-17-9-11-42(79)59(102)77-38(24-81)55(98)69-30(6)50(93)67-31(7)51(94)75-39(25-82)57(100)76-40(26-83)56(99)72-34(13-15-46(87)88)53(96)73-35(20-47(89)90)54(97)68-29(5)49(92)65-21-44(85)70-33(12-14-43(63)84)52(95)74-37(23-80)48(64)91/h27-42,80-83H,8-26,62H2,1-7H3,(H2,63,84)(H2,64,91)(H,65,92)(H,66,101)(H,67,93)(H,68,97)(H,69,98)(H,70,85)(H,71,86)(H,72,99)(H,73,96)(H,74,95)(H,75,94)(H,76,100)(H,77,102)(H,87,88)(H,89,90). The van der Waals surface area contributed by atoms with Gasteiger partial charge < -0.3 is 127 Å². The molecule has 43 nitrogen and oxygen atoms in total. The lowest BCUT2D eigenvalue weighted by Gasteiger charge is -2.30. The molecule has 2 rings (SSSR count). The normalized spacial score (nSPS) is 17.5. The minimum Gasteiger partial charge on any atom is -0.481 e. The molecule has 104 heavy (non-hydrogen) atoms. The highest BCUT2D eigenvalue weighted by atomic mass is 16.4. The fourth-order valence-electron chi connectivity index (χ4n) is 10.5. The van der Waals surface area contributed by atoms with Crippen LogP contribution in [0.25, 0.3) is 0 Å². The van der Waals surface area contributed by atoms with Crippen LogP contribution in [0.5, 0.6) is 0 Å². The molecule has 25 N–H and O–H groups in total. The van der Waals surface area contributed by atoms with Crippen LogP contribution in [0.4, 0.5) is 0 Å². The molecule has 2 heterocycles. The number of aliphatic hydroxyl groups excluding tert-OH is 4. The number of hydrogen-bond acceptors (Lipinski definition) is 24. The van der Waals surface area contributed by atoms with E-state index < -0.39 is 263 Å². The van der Waals surface area contributed by atoms with Crippen molar-refractivity contribution < 1.29 is 122 Å². The van der Waals surface area contributed by atoms with E-state index in [0.717, 1.165) is 20.8 Å². The first-order valence-electron chi connectivity index (χ1n) is 33.4. The first-order chi connectivity index (χ1) is 48.7. The maximum absolute atomic E-state index is 14.1. The number of likely N-dealkylation sites (tertiary alicyclic amines) is 2. The number of carbonyl (C=O) groups excluding carboxylic acids is 17. The summed E-state index contributed by atoms with van der Waals surface area (Å²) in [5, 5.41) is 87.3. The van der Waals surface area contributed by atoms with Crippen LogP contribution in [-0.4, -0.2) is 290 Å². The van der Waals surface area contributed by atoms with Crippen LogP contribution in [0, 0.1) is 11.8 Å². The van der Waals surface area contributed by atoms with E-state index in [1.54, 1.807) is 13.8 Å². The molecule has 14 atom stereocenters. The quantitative estimate of drug-likeness (QED) is 0.0269. The summed E-state index contributed by atoms with van der Waals surface area (Å²) in [7, 11) is 0. The number of nitrogens with two attached hydrogens (primary N) is 3. The second kappa shape index (κ2) is 44.3. The summed E-state index contributed by atoms with van der Waals surface area (Å²) in [5.74, 6) is -20.8. The van der Waals surface area contributed by atoms with Crippen LogP contribution in [-0.2, 0) is 91.1 Å². The van der Waals surface area contributed by atoms with Crippen molar-refractivity contribution in [1.82, 2.24) is 78.9 Å². The molecule has 17 amide bonds. The van der Waals surface area contributed by atoms with E-state index in [1.165, 1.54) is 9.80 Å². The Morgan fingerprint density at radius 3 is 1.25 bits per heavy atom. The zero-order chi connectivity index (χ0) is 79.0. The highest BCUT2D eigenvalue weighted by molar-refractivity contribution is 6.01. The molecular formula is C61H100N18O25. The van der Waals surface area contributed by atoms with E-state index >= 15 is 0 Å². The minimum atomic E-state index is -2.09. The molecule has 0 aromatic carbocycles. The summed E-state index contributed by atoms with van der Waals surface area (Å²) in [6.07, 6.45) is -1.91. The summed E-state index contributed by atoms with van der Waals surface area (Å²) in [6, 6.07) is -21.7. The lowest BCUT2D eigenvalue weighted by Crippen LogP contribution is -2.61. The second-order valence-electron chi connectivity index (χ2n) is 25.6. The van der Waals surface area contributed by atoms with Crippen molar-refractivity contribution in [3.63, 3.8) is 0 Å². The van der Waals surface area contributed by atoms with Crippen LogP contribution in [0.15, 0.2) is 0 Å². The molecule has 0 radical (unpaired) electrons. The molecule has 0 bridgehead atoms. The molecule has 43 heteroatoms. The maximum Gasteiger partial charge on any atom is 0.305 e.